The van der Waals surface area contributed by atoms with Crippen molar-refractivity contribution in [2.45, 2.75) is 37.1 Å². The van der Waals surface area contributed by atoms with E-state index in [1.165, 1.54) is 23.1 Å². The fraction of sp³-hybridized carbons (Fsp3) is 0.500. The van der Waals surface area contributed by atoms with Crippen LogP contribution < -0.4 is 0 Å². The van der Waals surface area contributed by atoms with Gasteiger partial charge in [-0.2, -0.15) is 0 Å². The second-order valence-electron chi connectivity index (χ2n) is 5.17. The molecular weight excluding hydrogens is 315 g/mol. The Bertz CT molecular complexity index is 565. The first kappa shape index (κ1) is 16.0. The zero-order valence-corrected chi connectivity index (χ0v) is 13.1. The Hall–Kier alpha value is -1.33. The molecule has 1 aliphatic rings. The van der Waals surface area contributed by atoms with Crippen molar-refractivity contribution >= 4 is 34.8 Å². The Balaban J connectivity index is 2.33. The number of halogens is 2. The molecule has 1 aromatic rings. The Morgan fingerprint density at radius 1 is 1.38 bits per heavy atom. The largest absolute Gasteiger partial charge is 0.337 e. The van der Waals surface area contributed by atoms with E-state index < -0.39 is 10.8 Å². The number of hydrogen-bond acceptors (Lipinski definition) is 3. The highest BCUT2D eigenvalue weighted by atomic mass is 35.5. The molecule has 0 spiro atoms. The molecule has 114 valence electrons. The maximum absolute atomic E-state index is 12.6. The molecule has 0 heterocycles. The summed E-state index contributed by atoms with van der Waals surface area (Å²) in [5.41, 5.74) is -0.345. The van der Waals surface area contributed by atoms with Gasteiger partial charge in [0.2, 0.25) is 0 Å². The van der Waals surface area contributed by atoms with Gasteiger partial charge in [0.05, 0.1) is 15.3 Å². The second kappa shape index (κ2) is 6.62. The Labute approximate surface area is 133 Å². The standard InChI is InChI=1S/C14H16Cl2N2O3/c1-17(11-7-3-2-5-9(11)15)14(19)13-10(16)6-4-8-12(13)18(20)21/h4,6,8-9,11H,2-3,5,7H2,1H3. The summed E-state index contributed by atoms with van der Waals surface area (Å²) >= 11 is 12.3. The SMILES string of the molecule is CN(C(=O)c1c(Cl)cccc1[N+](=O)[O-])C1CCCCC1Cl. The zero-order chi connectivity index (χ0) is 15.6. The molecule has 1 aliphatic carbocycles. The highest BCUT2D eigenvalue weighted by Crippen LogP contribution is 2.31. The van der Waals surface area contributed by atoms with E-state index in [1.54, 1.807) is 7.05 Å². The first-order valence-electron chi connectivity index (χ1n) is 6.77. The smallest absolute Gasteiger partial charge is 0.283 e. The van der Waals surface area contributed by atoms with Crippen LogP contribution in [0.1, 0.15) is 36.0 Å². The molecule has 7 heteroatoms. The van der Waals surface area contributed by atoms with Gasteiger partial charge in [-0.15, -0.1) is 11.6 Å². The van der Waals surface area contributed by atoms with Gasteiger partial charge in [-0.25, -0.2) is 0 Å². The monoisotopic (exact) mass is 330 g/mol. The molecule has 1 saturated carbocycles. The van der Waals surface area contributed by atoms with Gasteiger partial charge in [-0.3, -0.25) is 14.9 Å². The van der Waals surface area contributed by atoms with Gasteiger partial charge in [-0.05, 0) is 18.9 Å². The summed E-state index contributed by atoms with van der Waals surface area (Å²) in [5, 5.41) is 11.0. The maximum atomic E-state index is 12.6. The van der Waals surface area contributed by atoms with Gasteiger partial charge >= 0.3 is 0 Å². The zero-order valence-electron chi connectivity index (χ0n) is 11.6. The van der Waals surface area contributed by atoms with E-state index >= 15 is 0 Å². The quantitative estimate of drug-likeness (QED) is 0.480. The van der Waals surface area contributed by atoms with E-state index in [4.69, 9.17) is 23.2 Å². The van der Waals surface area contributed by atoms with Crippen molar-refractivity contribution in [3.05, 3.63) is 38.9 Å². The van der Waals surface area contributed by atoms with Gasteiger partial charge in [0.25, 0.3) is 11.6 Å². The number of rotatable bonds is 3. The minimum absolute atomic E-state index is 0.0684. The van der Waals surface area contributed by atoms with Crippen LogP contribution in [0.5, 0.6) is 0 Å². The molecule has 21 heavy (non-hydrogen) atoms. The van der Waals surface area contributed by atoms with Crippen molar-refractivity contribution in [2.75, 3.05) is 7.05 Å². The molecule has 1 aromatic carbocycles. The molecule has 0 N–H and O–H groups in total. The Morgan fingerprint density at radius 3 is 2.67 bits per heavy atom. The molecule has 2 unspecified atom stereocenters. The fourth-order valence-electron chi connectivity index (χ4n) is 2.71. The Morgan fingerprint density at radius 2 is 2.05 bits per heavy atom. The topological polar surface area (TPSA) is 63.5 Å². The molecule has 5 nitrogen and oxygen atoms in total. The summed E-state index contributed by atoms with van der Waals surface area (Å²) in [7, 11) is 1.63. The number of carbonyl (C=O) groups excluding carboxylic acids is 1. The predicted molar refractivity (Wildman–Crippen MR) is 82.1 cm³/mol. The number of carbonyl (C=O) groups is 1. The highest BCUT2D eigenvalue weighted by molar-refractivity contribution is 6.34. The lowest BCUT2D eigenvalue weighted by molar-refractivity contribution is -0.385. The molecule has 0 saturated heterocycles. The number of benzene rings is 1. The average Bonchev–Trinajstić information content (AvgIpc) is 2.46. The van der Waals surface area contributed by atoms with Crippen LogP contribution in [0.25, 0.3) is 0 Å². The van der Waals surface area contributed by atoms with Gasteiger partial charge in [0, 0.05) is 19.2 Å². The Kier molecular flexibility index (Phi) is 5.06. The van der Waals surface area contributed by atoms with Crippen molar-refractivity contribution in [3.8, 4) is 0 Å². The van der Waals surface area contributed by atoms with Crippen LogP contribution in [0, 0.1) is 10.1 Å². The number of alkyl halides is 1. The lowest BCUT2D eigenvalue weighted by atomic mass is 9.93. The van der Waals surface area contributed by atoms with E-state index in [0.717, 1.165) is 25.7 Å². The molecule has 1 fully saturated rings. The first-order valence-corrected chi connectivity index (χ1v) is 7.59. The van der Waals surface area contributed by atoms with Crippen molar-refractivity contribution < 1.29 is 9.72 Å². The molecule has 0 radical (unpaired) electrons. The van der Waals surface area contributed by atoms with Crippen molar-refractivity contribution in [2.24, 2.45) is 0 Å². The molecule has 0 bridgehead atoms. The third kappa shape index (κ3) is 3.30. The highest BCUT2D eigenvalue weighted by Gasteiger charge is 2.33. The van der Waals surface area contributed by atoms with Crippen LogP contribution >= 0.6 is 23.2 Å². The van der Waals surface area contributed by atoms with Crippen molar-refractivity contribution in [1.29, 1.82) is 0 Å². The number of amides is 1. The van der Waals surface area contributed by atoms with Crippen molar-refractivity contribution in [1.82, 2.24) is 4.90 Å². The fourth-order valence-corrected chi connectivity index (χ4v) is 3.41. The lowest BCUT2D eigenvalue weighted by Crippen LogP contribution is -2.44. The molecule has 0 aromatic heterocycles. The van der Waals surface area contributed by atoms with Gasteiger partial charge in [-0.1, -0.05) is 30.5 Å². The summed E-state index contributed by atoms with van der Waals surface area (Å²) in [6.07, 6.45) is 3.68. The minimum atomic E-state index is -0.591. The summed E-state index contributed by atoms with van der Waals surface area (Å²) in [6, 6.07) is 4.10. The van der Waals surface area contributed by atoms with Crippen LogP contribution in [-0.2, 0) is 0 Å². The van der Waals surface area contributed by atoms with E-state index in [9.17, 15) is 14.9 Å². The lowest BCUT2D eigenvalue weighted by Gasteiger charge is -2.35. The molecule has 1 amide bonds. The molecule has 2 atom stereocenters. The molecular formula is C14H16Cl2N2O3. The van der Waals surface area contributed by atoms with E-state index in [-0.39, 0.29) is 27.7 Å². The van der Waals surface area contributed by atoms with Crippen LogP contribution in [0.3, 0.4) is 0 Å². The van der Waals surface area contributed by atoms with E-state index in [1.807, 2.05) is 0 Å². The van der Waals surface area contributed by atoms with Crippen molar-refractivity contribution in [3.63, 3.8) is 0 Å². The van der Waals surface area contributed by atoms with Gasteiger partial charge in [0.15, 0.2) is 0 Å². The molecule has 2 rings (SSSR count). The molecule has 0 aliphatic heterocycles. The predicted octanol–water partition coefficient (Wildman–Crippen LogP) is 3.87. The average molecular weight is 331 g/mol. The normalized spacial score (nSPS) is 21.9. The summed E-state index contributed by atoms with van der Waals surface area (Å²) < 4.78 is 0. The van der Waals surface area contributed by atoms with E-state index in [2.05, 4.69) is 0 Å². The number of nitro groups is 1. The summed E-state index contributed by atoms with van der Waals surface area (Å²) in [4.78, 5) is 24.6. The summed E-state index contributed by atoms with van der Waals surface area (Å²) in [6.45, 7) is 0. The second-order valence-corrected chi connectivity index (χ2v) is 6.14. The third-order valence-corrected chi connectivity index (χ3v) is 4.69. The van der Waals surface area contributed by atoms with Crippen LogP contribution in [0.15, 0.2) is 18.2 Å². The van der Waals surface area contributed by atoms with Crippen LogP contribution in [0.4, 0.5) is 5.69 Å². The number of hydrogen-bond donors (Lipinski definition) is 0. The van der Waals surface area contributed by atoms with E-state index in [0.29, 0.717) is 0 Å². The maximum Gasteiger partial charge on any atom is 0.283 e. The van der Waals surface area contributed by atoms with Gasteiger partial charge < -0.3 is 4.90 Å². The minimum Gasteiger partial charge on any atom is -0.337 e. The summed E-state index contributed by atoms with van der Waals surface area (Å²) in [5.74, 6) is -0.454. The third-order valence-electron chi connectivity index (χ3n) is 3.87. The van der Waals surface area contributed by atoms with Crippen LogP contribution in [-0.4, -0.2) is 34.2 Å². The van der Waals surface area contributed by atoms with Crippen LogP contribution in [0.2, 0.25) is 5.02 Å². The first-order chi connectivity index (χ1) is 9.93. The van der Waals surface area contributed by atoms with Gasteiger partial charge in [0.1, 0.15) is 5.56 Å². The number of nitro benzene ring substituents is 1. The number of nitrogens with zero attached hydrogens (tertiary/aromatic N) is 2.